The second-order valence-corrected chi connectivity index (χ2v) is 5.20. The summed E-state index contributed by atoms with van der Waals surface area (Å²) in [6.45, 7) is 1.95. The van der Waals surface area contributed by atoms with Gasteiger partial charge in [-0.2, -0.15) is 0 Å². The number of nitrogens with zero attached hydrogens (tertiary/aromatic N) is 1. The molecule has 0 radical (unpaired) electrons. The molecule has 18 heavy (non-hydrogen) atoms. The van der Waals surface area contributed by atoms with Gasteiger partial charge in [0.05, 0.1) is 18.8 Å². The van der Waals surface area contributed by atoms with Crippen molar-refractivity contribution in [3.05, 3.63) is 23.8 Å². The Morgan fingerprint density at radius 3 is 3.06 bits per heavy atom. The Labute approximate surface area is 111 Å². The van der Waals surface area contributed by atoms with Crippen molar-refractivity contribution in [3.63, 3.8) is 0 Å². The molecule has 0 spiro atoms. The molecule has 0 amide bonds. The Balaban J connectivity index is 2.02. The highest BCUT2D eigenvalue weighted by molar-refractivity contribution is 7.94. The SMILES string of the molecule is CN(C)CCOSc1cccc2c1C(=O)CCO2. The van der Waals surface area contributed by atoms with E-state index in [1.54, 1.807) is 0 Å². The summed E-state index contributed by atoms with van der Waals surface area (Å²) >= 11 is 1.25. The predicted octanol–water partition coefficient (Wildman–Crippen LogP) is 2.24. The maximum Gasteiger partial charge on any atom is 0.171 e. The summed E-state index contributed by atoms with van der Waals surface area (Å²) in [6, 6.07) is 5.61. The van der Waals surface area contributed by atoms with Gasteiger partial charge in [0.2, 0.25) is 0 Å². The van der Waals surface area contributed by atoms with Crippen LogP contribution in [-0.2, 0) is 4.18 Å². The van der Waals surface area contributed by atoms with E-state index in [0.29, 0.717) is 30.9 Å². The van der Waals surface area contributed by atoms with Crippen LogP contribution in [0.2, 0.25) is 0 Å². The van der Waals surface area contributed by atoms with E-state index in [1.807, 2.05) is 32.3 Å². The van der Waals surface area contributed by atoms with Crippen LogP contribution >= 0.6 is 12.0 Å². The fraction of sp³-hybridized carbons (Fsp3) is 0.462. The summed E-state index contributed by atoms with van der Waals surface area (Å²) in [5.41, 5.74) is 0.665. The van der Waals surface area contributed by atoms with E-state index in [0.717, 1.165) is 11.4 Å². The molecule has 98 valence electrons. The number of Topliss-reactive ketones (excluding diaryl/α,β-unsaturated/α-hetero) is 1. The van der Waals surface area contributed by atoms with Crippen LogP contribution in [0.15, 0.2) is 23.1 Å². The normalized spacial score (nSPS) is 14.5. The van der Waals surface area contributed by atoms with Crippen molar-refractivity contribution < 1.29 is 13.7 Å². The number of ether oxygens (including phenoxy) is 1. The molecule has 0 aliphatic carbocycles. The van der Waals surface area contributed by atoms with Crippen molar-refractivity contribution in [2.75, 3.05) is 33.9 Å². The average molecular weight is 267 g/mol. The van der Waals surface area contributed by atoms with E-state index in [1.165, 1.54) is 12.0 Å². The number of likely N-dealkylation sites (N-methyl/N-ethyl adjacent to an activating group) is 1. The molecule has 2 rings (SSSR count). The number of carbonyl (C=O) groups is 1. The Hall–Kier alpha value is -1.04. The zero-order valence-corrected chi connectivity index (χ0v) is 11.5. The Morgan fingerprint density at radius 1 is 1.44 bits per heavy atom. The van der Waals surface area contributed by atoms with Gasteiger partial charge in [-0.1, -0.05) is 6.07 Å². The smallest absolute Gasteiger partial charge is 0.171 e. The summed E-state index contributed by atoms with van der Waals surface area (Å²) in [5, 5.41) is 0. The number of hydrogen-bond donors (Lipinski definition) is 0. The summed E-state index contributed by atoms with van der Waals surface area (Å²) in [7, 11) is 3.99. The van der Waals surface area contributed by atoms with Crippen LogP contribution in [0.1, 0.15) is 16.8 Å². The standard InChI is InChI=1S/C13H17NO3S/c1-14(2)7-9-17-18-12-5-3-4-11-13(12)10(15)6-8-16-11/h3-5H,6-9H2,1-2H3. The highest BCUT2D eigenvalue weighted by Crippen LogP contribution is 2.33. The highest BCUT2D eigenvalue weighted by Gasteiger charge is 2.22. The van der Waals surface area contributed by atoms with Crippen molar-refractivity contribution in [1.29, 1.82) is 0 Å². The molecular formula is C13H17NO3S. The van der Waals surface area contributed by atoms with Crippen LogP contribution < -0.4 is 4.74 Å². The first kappa shape index (κ1) is 13.4. The van der Waals surface area contributed by atoms with Crippen molar-refractivity contribution in [2.24, 2.45) is 0 Å². The maximum atomic E-state index is 11.9. The van der Waals surface area contributed by atoms with Crippen LogP contribution in [0, 0.1) is 0 Å². The lowest BCUT2D eigenvalue weighted by Crippen LogP contribution is -2.17. The first-order chi connectivity index (χ1) is 8.68. The van der Waals surface area contributed by atoms with E-state index in [-0.39, 0.29) is 5.78 Å². The van der Waals surface area contributed by atoms with E-state index in [2.05, 4.69) is 4.90 Å². The minimum atomic E-state index is 0.135. The highest BCUT2D eigenvalue weighted by atomic mass is 32.2. The van der Waals surface area contributed by atoms with Gasteiger partial charge in [0.15, 0.2) is 5.78 Å². The van der Waals surface area contributed by atoms with E-state index < -0.39 is 0 Å². The lowest BCUT2D eigenvalue weighted by Gasteiger charge is -2.18. The number of ketones is 1. The number of carbonyl (C=O) groups excluding carboxylic acids is 1. The number of benzene rings is 1. The minimum absolute atomic E-state index is 0.135. The zero-order valence-electron chi connectivity index (χ0n) is 10.6. The molecular weight excluding hydrogens is 250 g/mol. The van der Waals surface area contributed by atoms with E-state index >= 15 is 0 Å². The van der Waals surface area contributed by atoms with Gasteiger partial charge < -0.3 is 13.8 Å². The Kier molecular flexibility index (Phi) is 4.63. The van der Waals surface area contributed by atoms with Crippen molar-refractivity contribution in [3.8, 4) is 5.75 Å². The molecule has 1 heterocycles. The monoisotopic (exact) mass is 267 g/mol. The lowest BCUT2D eigenvalue weighted by molar-refractivity contribution is 0.0929. The van der Waals surface area contributed by atoms with Crippen molar-refractivity contribution >= 4 is 17.8 Å². The summed E-state index contributed by atoms with van der Waals surface area (Å²) in [6.07, 6.45) is 0.447. The van der Waals surface area contributed by atoms with Gasteiger partial charge in [0.1, 0.15) is 5.75 Å². The molecule has 0 saturated carbocycles. The molecule has 1 aromatic carbocycles. The lowest BCUT2D eigenvalue weighted by atomic mass is 10.1. The number of hydrogen-bond acceptors (Lipinski definition) is 5. The second-order valence-electron chi connectivity index (χ2n) is 4.36. The molecule has 0 unspecified atom stereocenters. The molecule has 0 atom stereocenters. The van der Waals surface area contributed by atoms with Gasteiger partial charge in [0.25, 0.3) is 0 Å². The molecule has 0 aromatic heterocycles. The largest absolute Gasteiger partial charge is 0.492 e. The maximum absolute atomic E-state index is 11.9. The van der Waals surface area contributed by atoms with Crippen LogP contribution in [-0.4, -0.2) is 44.5 Å². The second kappa shape index (κ2) is 6.22. The van der Waals surface area contributed by atoms with Gasteiger partial charge in [-0.05, 0) is 26.2 Å². The van der Waals surface area contributed by atoms with Crippen LogP contribution in [0.4, 0.5) is 0 Å². The van der Waals surface area contributed by atoms with Gasteiger partial charge in [0, 0.05) is 29.9 Å². The summed E-state index contributed by atoms with van der Waals surface area (Å²) in [5.74, 6) is 0.808. The van der Waals surface area contributed by atoms with Gasteiger partial charge >= 0.3 is 0 Å². The molecule has 0 saturated heterocycles. The first-order valence-corrected chi connectivity index (χ1v) is 6.66. The van der Waals surface area contributed by atoms with Gasteiger partial charge in [-0.15, -0.1) is 0 Å². The molecule has 1 aromatic rings. The zero-order chi connectivity index (χ0) is 13.0. The molecule has 0 fully saturated rings. The number of fused-ring (bicyclic) bond motifs is 1. The Morgan fingerprint density at radius 2 is 2.28 bits per heavy atom. The third kappa shape index (κ3) is 3.25. The van der Waals surface area contributed by atoms with Crippen LogP contribution in [0.5, 0.6) is 5.75 Å². The topological polar surface area (TPSA) is 38.8 Å². The van der Waals surface area contributed by atoms with Crippen LogP contribution in [0.3, 0.4) is 0 Å². The van der Waals surface area contributed by atoms with Crippen LogP contribution in [0.25, 0.3) is 0 Å². The van der Waals surface area contributed by atoms with E-state index in [4.69, 9.17) is 8.92 Å². The van der Waals surface area contributed by atoms with Gasteiger partial charge in [-0.3, -0.25) is 4.79 Å². The minimum Gasteiger partial charge on any atom is -0.492 e. The molecule has 5 heteroatoms. The van der Waals surface area contributed by atoms with Gasteiger partial charge in [-0.25, -0.2) is 0 Å². The molecule has 4 nitrogen and oxygen atoms in total. The average Bonchev–Trinajstić information content (AvgIpc) is 2.34. The van der Waals surface area contributed by atoms with Crippen molar-refractivity contribution in [2.45, 2.75) is 11.3 Å². The first-order valence-electron chi connectivity index (χ1n) is 5.91. The van der Waals surface area contributed by atoms with Crippen molar-refractivity contribution in [1.82, 2.24) is 4.90 Å². The Bertz CT molecular complexity index is 434. The fourth-order valence-electron chi connectivity index (χ4n) is 1.68. The third-order valence-electron chi connectivity index (χ3n) is 2.62. The molecule has 0 N–H and O–H groups in total. The summed E-state index contributed by atoms with van der Waals surface area (Å²) < 4.78 is 11.0. The summed E-state index contributed by atoms with van der Waals surface area (Å²) in [4.78, 5) is 14.8. The predicted molar refractivity (Wildman–Crippen MR) is 71.2 cm³/mol. The molecule has 0 bridgehead atoms. The van der Waals surface area contributed by atoms with E-state index in [9.17, 15) is 4.79 Å². The molecule has 1 aliphatic rings. The fourth-order valence-corrected chi connectivity index (χ4v) is 2.40. The molecule has 1 aliphatic heterocycles. The third-order valence-corrected chi connectivity index (χ3v) is 3.43. The quantitative estimate of drug-likeness (QED) is 0.604. The number of rotatable bonds is 5.